The largest absolute Gasteiger partial charge is 0.322 e. The molecule has 1 aliphatic rings. The zero-order valence-electron chi connectivity index (χ0n) is 13.1. The Labute approximate surface area is 122 Å². The lowest BCUT2D eigenvalue weighted by Crippen LogP contribution is -2.55. The van der Waals surface area contributed by atoms with Crippen LogP contribution in [0.5, 0.6) is 0 Å². The second kappa shape index (κ2) is 5.82. The molecule has 1 fully saturated rings. The van der Waals surface area contributed by atoms with Gasteiger partial charge in [-0.3, -0.25) is 0 Å². The van der Waals surface area contributed by atoms with Crippen LogP contribution in [0.4, 0.5) is 4.39 Å². The summed E-state index contributed by atoms with van der Waals surface area (Å²) in [5.74, 6) is 0.477. The molecule has 0 heterocycles. The molecule has 2 nitrogen and oxygen atoms in total. The highest BCUT2D eigenvalue weighted by atomic mass is 19.1. The number of hydrogen-bond donors (Lipinski definition) is 1. The van der Waals surface area contributed by atoms with E-state index in [-0.39, 0.29) is 17.4 Å². The molecule has 0 bridgehead atoms. The van der Waals surface area contributed by atoms with Crippen LogP contribution >= 0.6 is 0 Å². The molecular weight excluding hydrogens is 251 g/mol. The maximum atomic E-state index is 13.6. The SMILES string of the molecule is Cc1ccc(F)cc1C(N)C1(N(C)C)CCCC(C)C1. The Kier molecular flexibility index (Phi) is 4.50. The van der Waals surface area contributed by atoms with E-state index in [1.54, 1.807) is 6.07 Å². The lowest BCUT2D eigenvalue weighted by molar-refractivity contribution is 0.0497. The first-order chi connectivity index (χ1) is 9.36. The van der Waals surface area contributed by atoms with Crippen LogP contribution in [0.25, 0.3) is 0 Å². The van der Waals surface area contributed by atoms with Crippen LogP contribution in [-0.4, -0.2) is 24.5 Å². The van der Waals surface area contributed by atoms with E-state index in [0.29, 0.717) is 5.92 Å². The van der Waals surface area contributed by atoms with Crippen LogP contribution in [0.15, 0.2) is 18.2 Å². The summed E-state index contributed by atoms with van der Waals surface area (Å²) >= 11 is 0. The molecule has 1 aromatic carbocycles. The van der Waals surface area contributed by atoms with Crippen molar-refractivity contribution in [3.8, 4) is 0 Å². The van der Waals surface area contributed by atoms with Gasteiger partial charge in [0.25, 0.3) is 0 Å². The number of likely N-dealkylation sites (N-methyl/N-ethyl adjacent to an activating group) is 1. The molecule has 112 valence electrons. The van der Waals surface area contributed by atoms with Gasteiger partial charge in [-0.1, -0.05) is 25.8 Å². The van der Waals surface area contributed by atoms with Gasteiger partial charge in [-0.2, -0.15) is 0 Å². The van der Waals surface area contributed by atoms with Gasteiger partial charge in [0.15, 0.2) is 0 Å². The quantitative estimate of drug-likeness (QED) is 0.914. The topological polar surface area (TPSA) is 29.3 Å². The number of rotatable bonds is 3. The van der Waals surface area contributed by atoms with Crippen molar-refractivity contribution in [3.05, 3.63) is 35.1 Å². The highest BCUT2D eigenvalue weighted by Gasteiger charge is 2.43. The fourth-order valence-corrected chi connectivity index (χ4v) is 3.77. The molecule has 0 aromatic heterocycles. The van der Waals surface area contributed by atoms with Crippen molar-refractivity contribution in [2.24, 2.45) is 11.7 Å². The summed E-state index contributed by atoms with van der Waals surface area (Å²) in [5, 5.41) is 0. The number of aryl methyl sites for hydroxylation is 1. The summed E-state index contributed by atoms with van der Waals surface area (Å²) in [6, 6.07) is 4.82. The van der Waals surface area contributed by atoms with Crippen LogP contribution in [-0.2, 0) is 0 Å². The summed E-state index contributed by atoms with van der Waals surface area (Å²) < 4.78 is 13.6. The first-order valence-corrected chi connectivity index (χ1v) is 7.56. The third-order valence-corrected chi connectivity index (χ3v) is 5.05. The van der Waals surface area contributed by atoms with Gasteiger partial charge in [-0.25, -0.2) is 4.39 Å². The van der Waals surface area contributed by atoms with Crippen molar-refractivity contribution >= 4 is 0 Å². The maximum Gasteiger partial charge on any atom is 0.123 e. The third kappa shape index (κ3) is 2.75. The summed E-state index contributed by atoms with van der Waals surface area (Å²) in [4.78, 5) is 2.26. The molecular formula is C17H27FN2. The molecule has 20 heavy (non-hydrogen) atoms. The van der Waals surface area contributed by atoms with Gasteiger partial charge in [-0.15, -0.1) is 0 Å². The first-order valence-electron chi connectivity index (χ1n) is 7.56. The highest BCUT2D eigenvalue weighted by molar-refractivity contribution is 5.32. The van der Waals surface area contributed by atoms with Gasteiger partial charge >= 0.3 is 0 Å². The fourth-order valence-electron chi connectivity index (χ4n) is 3.77. The van der Waals surface area contributed by atoms with E-state index >= 15 is 0 Å². The summed E-state index contributed by atoms with van der Waals surface area (Å²) in [6.07, 6.45) is 4.63. The molecule has 3 atom stereocenters. The van der Waals surface area contributed by atoms with Gasteiger partial charge in [0.05, 0.1) is 0 Å². The van der Waals surface area contributed by atoms with E-state index in [9.17, 15) is 4.39 Å². The minimum atomic E-state index is -0.196. The van der Waals surface area contributed by atoms with Gasteiger partial charge < -0.3 is 10.6 Å². The van der Waals surface area contributed by atoms with E-state index in [2.05, 4.69) is 25.9 Å². The van der Waals surface area contributed by atoms with E-state index in [1.807, 2.05) is 13.0 Å². The summed E-state index contributed by atoms with van der Waals surface area (Å²) in [5.41, 5.74) is 8.60. The van der Waals surface area contributed by atoms with Gasteiger partial charge in [0.1, 0.15) is 5.82 Å². The molecule has 1 aliphatic carbocycles. The molecule has 0 spiro atoms. The predicted octanol–water partition coefficient (Wildman–Crippen LogP) is 3.64. The molecule has 0 amide bonds. The minimum Gasteiger partial charge on any atom is -0.322 e. The molecule has 3 heteroatoms. The average molecular weight is 278 g/mol. The van der Waals surface area contributed by atoms with Crippen molar-refractivity contribution in [1.29, 1.82) is 0 Å². The Morgan fingerprint density at radius 3 is 2.70 bits per heavy atom. The lowest BCUT2D eigenvalue weighted by Gasteiger charge is -2.49. The Morgan fingerprint density at radius 1 is 1.40 bits per heavy atom. The monoisotopic (exact) mass is 278 g/mol. The van der Waals surface area contributed by atoms with Crippen molar-refractivity contribution in [1.82, 2.24) is 4.90 Å². The van der Waals surface area contributed by atoms with E-state index in [4.69, 9.17) is 5.73 Å². The first kappa shape index (κ1) is 15.5. The molecule has 1 saturated carbocycles. The third-order valence-electron chi connectivity index (χ3n) is 5.05. The van der Waals surface area contributed by atoms with Crippen molar-refractivity contribution in [2.75, 3.05) is 14.1 Å². The van der Waals surface area contributed by atoms with Gasteiger partial charge in [0, 0.05) is 11.6 Å². The predicted molar refractivity (Wildman–Crippen MR) is 82.1 cm³/mol. The fraction of sp³-hybridized carbons (Fsp3) is 0.647. The van der Waals surface area contributed by atoms with E-state index in [1.165, 1.54) is 18.9 Å². The molecule has 1 aromatic rings. The molecule has 0 saturated heterocycles. The molecule has 2 N–H and O–H groups in total. The van der Waals surface area contributed by atoms with E-state index < -0.39 is 0 Å². The number of hydrogen-bond acceptors (Lipinski definition) is 2. The van der Waals surface area contributed by atoms with Crippen molar-refractivity contribution < 1.29 is 4.39 Å². The number of halogens is 1. The molecule has 2 rings (SSSR count). The van der Waals surface area contributed by atoms with Crippen LogP contribution in [0.3, 0.4) is 0 Å². The number of nitrogens with zero attached hydrogens (tertiary/aromatic N) is 1. The Bertz CT molecular complexity index is 472. The minimum absolute atomic E-state index is 0.0593. The van der Waals surface area contributed by atoms with Crippen LogP contribution < -0.4 is 5.73 Å². The zero-order chi connectivity index (χ0) is 14.9. The summed E-state index contributed by atoms with van der Waals surface area (Å²) in [7, 11) is 4.21. The van der Waals surface area contributed by atoms with Crippen LogP contribution in [0.1, 0.15) is 49.8 Å². The zero-order valence-corrected chi connectivity index (χ0v) is 13.1. The lowest BCUT2D eigenvalue weighted by atomic mass is 9.69. The van der Waals surface area contributed by atoms with Gasteiger partial charge in [-0.05, 0) is 63.0 Å². The van der Waals surface area contributed by atoms with Gasteiger partial charge in [0.2, 0.25) is 0 Å². The summed E-state index contributed by atoms with van der Waals surface area (Å²) in [6.45, 7) is 4.31. The standard InChI is InChI=1S/C17H27FN2/c1-12-6-5-9-17(11-12,20(3)4)16(19)15-10-14(18)8-7-13(15)2/h7-8,10,12,16H,5-6,9,11,19H2,1-4H3. The second-order valence-corrected chi connectivity index (χ2v) is 6.68. The van der Waals surface area contributed by atoms with Crippen LogP contribution in [0.2, 0.25) is 0 Å². The highest BCUT2D eigenvalue weighted by Crippen LogP contribution is 2.43. The smallest absolute Gasteiger partial charge is 0.123 e. The van der Waals surface area contributed by atoms with Crippen molar-refractivity contribution in [3.63, 3.8) is 0 Å². The van der Waals surface area contributed by atoms with Crippen molar-refractivity contribution in [2.45, 2.75) is 51.1 Å². The van der Waals surface area contributed by atoms with Crippen LogP contribution in [0, 0.1) is 18.7 Å². The van der Waals surface area contributed by atoms with E-state index in [0.717, 1.165) is 24.0 Å². The average Bonchev–Trinajstić information content (AvgIpc) is 2.40. The second-order valence-electron chi connectivity index (χ2n) is 6.68. The molecule has 3 unspecified atom stereocenters. The molecule has 0 radical (unpaired) electrons. The number of nitrogens with two attached hydrogens (primary N) is 1. The Morgan fingerprint density at radius 2 is 2.10 bits per heavy atom. The Hall–Kier alpha value is -0.930. The maximum absolute atomic E-state index is 13.6. The Balaban J connectivity index is 2.41. The normalized spacial score (nSPS) is 28.6. The molecule has 0 aliphatic heterocycles. The number of benzene rings is 1.